The Balaban J connectivity index is 2.31. The third kappa shape index (κ3) is 5.80. The number of ether oxygens (including phenoxy) is 1. The summed E-state index contributed by atoms with van der Waals surface area (Å²) < 4.78 is 56.6. The van der Waals surface area contributed by atoms with E-state index in [2.05, 4.69) is 25.1 Å². The molecule has 29 heavy (non-hydrogen) atoms. The van der Waals surface area contributed by atoms with Crippen LogP contribution in [0.3, 0.4) is 0 Å². The van der Waals surface area contributed by atoms with Crippen LogP contribution < -0.4 is 19.6 Å². The summed E-state index contributed by atoms with van der Waals surface area (Å²) in [5.41, 5.74) is 0. The summed E-state index contributed by atoms with van der Waals surface area (Å²) in [4.78, 5) is 24.5. The molecule has 1 aromatic carbocycles. The fourth-order valence-electron chi connectivity index (χ4n) is 2.09. The molecule has 0 fully saturated rings. The summed E-state index contributed by atoms with van der Waals surface area (Å²) in [6.07, 6.45) is 0. The first kappa shape index (κ1) is 22.4. The molecule has 1 heterocycles. The van der Waals surface area contributed by atoms with E-state index in [0.29, 0.717) is 0 Å². The van der Waals surface area contributed by atoms with Crippen LogP contribution in [0.4, 0.5) is 10.7 Å². The number of hydrogen-bond donors (Lipinski definition) is 3. The second-order valence-corrected chi connectivity index (χ2v) is 8.97. The number of benzene rings is 1. The summed E-state index contributed by atoms with van der Waals surface area (Å²) in [7, 11) is -4.61. The number of aryl methyl sites for hydroxylation is 1. The lowest BCUT2D eigenvalue weighted by molar-refractivity contribution is 0.256. The van der Waals surface area contributed by atoms with E-state index >= 15 is 0 Å². The average molecular weight is 445 g/mol. The summed E-state index contributed by atoms with van der Waals surface area (Å²) in [5.74, 6) is -0.0292. The largest absolute Gasteiger partial charge is 0.467 e. The molecule has 0 aliphatic rings. The Morgan fingerprint density at radius 3 is 2.14 bits per heavy atom. The number of hydrogen-bond acceptors (Lipinski definition) is 10. The van der Waals surface area contributed by atoms with Gasteiger partial charge in [0, 0.05) is 14.1 Å². The maximum absolute atomic E-state index is 12.6. The number of rotatable bonds is 7. The number of sulfonamides is 2. The standard InChI is InChI=1S/C14H19N7O6S2/c1-9-15-12(18-14(16-9)27-4)17-13(22)19-28(23,24)10-7-5-6-8-11(10)29(25,26)20-21(2)3/h5-8,20H,1-4H3,(H2,15,16,17,18,19,22). The van der Waals surface area contributed by atoms with E-state index in [4.69, 9.17) is 4.74 Å². The minimum absolute atomic E-state index is 0.0816. The summed E-state index contributed by atoms with van der Waals surface area (Å²) in [5, 5.41) is 3.26. The van der Waals surface area contributed by atoms with Gasteiger partial charge >= 0.3 is 12.0 Å². The number of methoxy groups -OCH3 is 1. The second kappa shape index (κ2) is 8.64. The number of urea groups is 1. The van der Waals surface area contributed by atoms with Gasteiger partial charge in [-0.05, 0) is 19.1 Å². The summed E-state index contributed by atoms with van der Waals surface area (Å²) in [6.45, 7) is 1.52. The molecule has 0 radical (unpaired) electrons. The predicted octanol–water partition coefficient (Wildman–Crippen LogP) is -0.546. The number of nitrogens with one attached hydrogen (secondary N) is 3. The highest BCUT2D eigenvalue weighted by molar-refractivity contribution is 7.92. The highest BCUT2D eigenvalue weighted by Crippen LogP contribution is 2.20. The van der Waals surface area contributed by atoms with Crippen LogP contribution in [-0.2, 0) is 20.0 Å². The molecule has 0 aliphatic heterocycles. The molecule has 2 aromatic rings. The number of aromatic nitrogens is 3. The molecule has 0 bridgehead atoms. The highest BCUT2D eigenvalue weighted by atomic mass is 32.2. The molecular weight excluding hydrogens is 426 g/mol. The molecule has 0 saturated heterocycles. The fraction of sp³-hybridized carbons (Fsp3) is 0.286. The average Bonchev–Trinajstić information content (AvgIpc) is 2.59. The van der Waals surface area contributed by atoms with Crippen molar-refractivity contribution in [2.45, 2.75) is 16.7 Å². The molecule has 0 atom stereocenters. The normalized spacial score (nSPS) is 11.9. The zero-order valence-electron chi connectivity index (χ0n) is 15.9. The van der Waals surface area contributed by atoms with Crippen LogP contribution in [-0.4, -0.2) is 64.0 Å². The smallest absolute Gasteiger partial charge is 0.335 e. The van der Waals surface area contributed by atoms with Crippen LogP contribution in [0.25, 0.3) is 0 Å². The zero-order valence-corrected chi connectivity index (χ0v) is 17.5. The van der Waals surface area contributed by atoms with Crippen LogP contribution in [0.5, 0.6) is 6.01 Å². The zero-order chi connectivity index (χ0) is 21.8. The Hall–Kier alpha value is -2.88. The van der Waals surface area contributed by atoms with E-state index in [1.807, 2.05) is 0 Å². The van der Waals surface area contributed by atoms with Crippen LogP contribution in [0.1, 0.15) is 5.82 Å². The van der Waals surface area contributed by atoms with E-state index in [1.165, 1.54) is 40.3 Å². The van der Waals surface area contributed by atoms with Crippen molar-refractivity contribution < 1.29 is 26.4 Å². The molecular formula is C14H19N7O6S2. The Bertz CT molecular complexity index is 1120. The maximum atomic E-state index is 12.6. The molecule has 2 amide bonds. The van der Waals surface area contributed by atoms with Crippen LogP contribution >= 0.6 is 0 Å². The molecule has 0 spiro atoms. The first-order valence-corrected chi connectivity index (χ1v) is 10.8. The molecule has 0 saturated carbocycles. The lowest BCUT2D eigenvalue weighted by atomic mass is 10.4. The van der Waals surface area contributed by atoms with Crippen molar-refractivity contribution >= 4 is 32.0 Å². The van der Waals surface area contributed by atoms with Gasteiger partial charge < -0.3 is 4.74 Å². The Morgan fingerprint density at radius 1 is 1.00 bits per heavy atom. The van der Waals surface area contributed by atoms with Gasteiger partial charge in [0.25, 0.3) is 20.0 Å². The van der Waals surface area contributed by atoms with Crippen LogP contribution in [0.15, 0.2) is 34.1 Å². The third-order valence-electron chi connectivity index (χ3n) is 3.09. The maximum Gasteiger partial charge on any atom is 0.335 e. The van der Waals surface area contributed by atoms with Gasteiger partial charge in [0.15, 0.2) is 0 Å². The molecule has 3 N–H and O–H groups in total. The minimum Gasteiger partial charge on any atom is -0.467 e. The molecule has 13 nitrogen and oxygen atoms in total. The lowest BCUT2D eigenvalue weighted by Crippen LogP contribution is -2.39. The third-order valence-corrected chi connectivity index (χ3v) is 6.15. The first-order valence-electron chi connectivity index (χ1n) is 7.84. The van der Waals surface area contributed by atoms with Crippen molar-refractivity contribution in [3.63, 3.8) is 0 Å². The quantitative estimate of drug-likeness (QED) is 0.469. The van der Waals surface area contributed by atoms with E-state index in [1.54, 1.807) is 4.72 Å². The lowest BCUT2D eigenvalue weighted by Gasteiger charge is -2.15. The van der Waals surface area contributed by atoms with Crippen molar-refractivity contribution in [2.24, 2.45) is 0 Å². The number of anilines is 1. The van der Waals surface area contributed by atoms with Gasteiger partial charge in [-0.1, -0.05) is 12.1 Å². The van der Waals surface area contributed by atoms with Gasteiger partial charge in [0.1, 0.15) is 15.6 Å². The van der Waals surface area contributed by atoms with Crippen molar-refractivity contribution in [3.8, 4) is 6.01 Å². The number of carbonyl (C=O) groups is 1. The Morgan fingerprint density at radius 2 is 1.59 bits per heavy atom. The van der Waals surface area contributed by atoms with Crippen molar-refractivity contribution in [1.82, 2.24) is 29.5 Å². The Labute approximate surface area is 167 Å². The minimum atomic E-state index is -4.56. The highest BCUT2D eigenvalue weighted by Gasteiger charge is 2.28. The number of carbonyl (C=O) groups excluding carboxylic acids is 1. The van der Waals surface area contributed by atoms with Crippen molar-refractivity contribution in [2.75, 3.05) is 26.5 Å². The van der Waals surface area contributed by atoms with Crippen LogP contribution in [0, 0.1) is 6.92 Å². The van der Waals surface area contributed by atoms with E-state index < -0.39 is 35.9 Å². The number of nitrogens with zero attached hydrogens (tertiary/aromatic N) is 4. The number of amides is 2. The molecule has 158 valence electrons. The van der Waals surface area contributed by atoms with E-state index in [9.17, 15) is 21.6 Å². The van der Waals surface area contributed by atoms with Gasteiger partial charge in [0.2, 0.25) is 5.95 Å². The molecule has 15 heteroatoms. The molecule has 0 aliphatic carbocycles. The first-order chi connectivity index (χ1) is 13.4. The fourth-order valence-corrected chi connectivity index (χ4v) is 4.92. The van der Waals surface area contributed by atoms with Gasteiger partial charge in [-0.25, -0.2) is 31.4 Å². The van der Waals surface area contributed by atoms with Gasteiger partial charge in [-0.15, -0.1) is 4.83 Å². The summed E-state index contributed by atoms with van der Waals surface area (Å²) in [6, 6.07) is 3.53. The van der Waals surface area contributed by atoms with Crippen molar-refractivity contribution in [1.29, 1.82) is 0 Å². The second-order valence-electron chi connectivity index (χ2n) is 5.69. The van der Waals surface area contributed by atoms with Gasteiger partial charge in [-0.2, -0.15) is 15.0 Å². The van der Waals surface area contributed by atoms with Gasteiger partial charge in [0.05, 0.1) is 7.11 Å². The SMILES string of the molecule is COc1nc(C)nc(NC(=O)NS(=O)(=O)c2ccccc2S(=O)(=O)NN(C)C)n1. The Kier molecular flexibility index (Phi) is 6.68. The van der Waals surface area contributed by atoms with Gasteiger partial charge in [-0.3, -0.25) is 5.32 Å². The monoisotopic (exact) mass is 445 g/mol. The number of hydrazine groups is 1. The topological polar surface area (TPSA) is 173 Å². The van der Waals surface area contributed by atoms with Crippen molar-refractivity contribution in [3.05, 3.63) is 30.1 Å². The summed E-state index contributed by atoms with van der Waals surface area (Å²) >= 11 is 0. The molecule has 0 unspecified atom stereocenters. The van der Waals surface area contributed by atoms with Crippen LogP contribution in [0.2, 0.25) is 0 Å². The van der Waals surface area contributed by atoms with E-state index in [-0.39, 0.29) is 17.8 Å². The molecule has 2 rings (SSSR count). The molecule has 1 aromatic heterocycles. The van der Waals surface area contributed by atoms with E-state index in [0.717, 1.165) is 17.1 Å². The predicted molar refractivity (Wildman–Crippen MR) is 101 cm³/mol.